The van der Waals surface area contributed by atoms with Gasteiger partial charge < -0.3 is 4.74 Å². The number of rotatable bonds is 6. The van der Waals surface area contributed by atoms with Crippen LogP contribution in [0, 0.1) is 5.41 Å². The van der Waals surface area contributed by atoms with Crippen molar-refractivity contribution >= 4 is 0 Å². The molecule has 1 aliphatic rings. The molecule has 1 aliphatic carbocycles. The zero-order chi connectivity index (χ0) is 15.5. The Balaban J connectivity index is 2.35. The fourth-order valence-electron chi connectivity index (χ4n) is 3.25. The van der Waals surface area contributed by atoms with Crippen LogP contribution in [0.1, 0.15) is 70.0 Å². The lowest BCUT2D eigenvalue weighted by Gasteiger charge is -2.39. The Hall–Kier alpha value is -0.900. The molecule has 3 heteroatoms. The number of hydrogen-bond acceptors (Lipinski definition) is 3. The second-order valence-corrected chi connectivity index (χ2v) is 7.14. The van der Waals surface area contributed by atoms with Gasteiger partial charge in [-0.15, -0.1) is 0 Å². The summed E-state index contributed by atoms with van der Waals surface area (Å²) in [4.78, 5) is 0. The summed E-state index contributed by atoms with van der Waals surface area (Å²) in [6.07, 6.45) is 3.98. The van der Waals surface area contributed by atoms with Crippen molar-refractivity contribution in [2.45, 2.75) is 65.0 Å². The summed E-state index contributed by atoms with van der Waals surface area (Å²) in [6.45, 7) is 9.38. The molecule has 0 saturated heterocycles. The van der Waals surface area contributed by atoms with Crippen LogP contribution >= 0.6 is 0 Å². The summed E-state index contributed by atoms with van der Waals surface area (Å²) in [5.74, 6) is 6.62. The maximum Gasteiger partial charge on any atom is 0.0830 e. The van der Waals surface area contributed by atoms with Crippen LogP contribution in [-0.2, 0) is 4.74 Å². The van der Waals surface area contributed by atoms with Crippen molar-refractivity contribution in [3.8, 4) is 0 Å². The van der Waals surface area contributed by atoms with Crippen LogP contribution in [0.2, 0.25) is 0 Å². The highest BCUT2D eigenvalue weighted by Crippen LogP contribution is 2.42. The van der Waals surface area contributed by atoms with Crippen LogP contribution < -0.4 is 11.3 Å². The van der Waals surface area contributed by atoms with E-state index in [1.807, 2.05) is 6.92 Å². The van der Waals surface area contributed by atoms with E-state index in [9.17, 15) is 0 Å². The normalized spacial score (nSPS) is 19.1. The standard InChI is InChI=1S/C18H30N2O/c1-5-21-17(18(2,3)4)16(20-19)15-12-7-6-11-14(15)13-9-8-10-13/h6-7,11-13,16-17,20H,5,8-10,19H2,1-4H3. The number of benzene rings is 1. The molecule has 0 bridgehead atoms. The number of nitrogens with two attached hydrogens (primary N) is 1. The Bertz CT molecular complexity index is 449. The van der Waals surface area contributed by atoms with Crippen molar-refractivity contribution in [1.82, 2.24) is 5.43 Å². The fraction of sp³-hybridized carbons (Fsp3) is 0.667. The molecule has 0 radical (unpaired) electrons. The second kappa shape index (κ2) is 6.91. The molecule has 0 heterocycles. The highest BCUT2D eigenvalue weighted by molar-refractivity contribution is 5.35. The predicted molar refractivity (Wildman–Crippen MR) is 88.0 cm³/mol. The predicted octanol–water partition coefficient (Wildman–Crippen LogP) is 3.91. The van der Waals surface area contributed by atoms with Gasteiger partial charge in [0.15, 0.2) is 0 Å². The van der Waals surface area contributed by atoms with Gasteiger partial charge in [-0.25, -0.2) is 0 Å². The van der Waals surface area contributed by atoms with E-state index in [2.05, 4.69) is 50.5 Å². The first-order chi connectivity index (χ1) is 9.99. The molecule has 2 atom stereocenters. The molecule has 1 aromatic carbocycles. The van der Waals surface area contributed by atoms with E-state index in [0.717, 1.165) is 0 Å². The van der Waals surface area contributed by atoms with Gasteiger partial charge in [0.2, 0.25) is 0 Å². The monoisotopic (exact) mass is 290 g/mol. The van der Waals surface area contributed by atoms with Gasteiger partial charge in [0.25, 0.3) is 0 Å². The van der Waals surface area contributed by atoms with E-state index in [0.29, 0.717) is 12.5 Å². The van der Waals surface area contributed by atoms with Crippen molar-refractivity contribution in [2.24, 2.45) is 11.3 Å². The molecule has 0 amide bonds. The summed E-state index contributed by atoms with van der Waals surface area (Å²) in [6, 6.07) is 8.73. The van der Waals surface area contributed by atoms with E-state index in [1.165, 1.54) is 30.4 Å². The van der Waals surface area contributed by atoms with Crippen molar-refractivity contribution in [3.63, 3.8) is 0 Å². The Labute approximate surface area is 129 Å². The topological polar surface area (TPSA) is 47.3 Å². The molecule has 21 heavy (non-hydrogen) atoms. The van der Waals surface area contributed by atoms with Crippen molar-refractivity contribution in [2.75, 3.05) is 6.61 Å². The lowest BCUT2D eigenvalue weighted by molar-refractivity contribution is -0.0369. The quantitative estimate of drug-likeness (QED) is 0.617. The molecule has 2 rings (SSSR count). The average Bonchev–Trinajstić information content (AvgIpc) is 2.37. The number of hydrazine groups is 1. The molecule has 0 spiro atoms. The summed E-state index contributed by atoms with van der Waals surface area (Å²) in [7, 11) is 0. The van der Waals surface area contributed by atoms with Gasteiger partial charge in [-0.05, 0) is 42.2 Å². The zero-order valence-electron chi connectivity index (χ0n) is 13.9. The molecule has 1 saturated carbocycles. The molecule has 3 N–H and O–H groups in total. The second-order valence-electron chi connectivity index (χ2n) is 7.14. The molecule has 0 aliphatic heterocycles. The Morgan fingerprint density at radius 2 is 1.95 bits per heavy atom. The molecule has 0 aromatic heterocycles. The zero-order valence-corrected chi connectivity index (χ0v) is 13.9. The van der Waals surface area contributed by atoms with Gasteiger partial charge in [-0.3, -0.25) is 11.3 Å². The van der Waals surface area contributed by atoms with E-state index < -0.39 is 0 Å². The summed E-state index contributed by atoms with van der Waals surface area (Å²) in [5.41, 5.74) is 5.80. The van der Waals surface area contributed by atoms with Crippen LogP contribution in [0.15, 0.2) is 24.3 Å². The van der Waals surface area contributed by atoms with E-state index >= 15 is 0 Å². The Kier molecular flexibility index (Phi) is 5.42. The van der Waals surface area contributed by atoms with Gasteiger partial charge in [0.1, 0.15) is 0 Å². The average molecular weight is 290 g/mol. The van der Waals surface area contributed by atoms with Crippen LogP contribution in [0.4, 0.5) is 0 Å². The summed E-state index contributed by atoms with van der Waals surface area (Å²) >= 11 is 0. The van der Waals surface area contributed by atoms with Gasteiger partial charge in [0.05, 0.1) is 12.1 Å². The summed E-state index contributed by atoms with van der Waals surface area (Å²) < 4.78 is 6.06. The van der Waals surface area contributed by atoms with E-state index in [1.54, 1.807) is 0 Å². The number of nitrogens with one attached hydrogen (secondary N) is 1. The van der Waals surface area contributed by atoms with Crippen molar-refractivity contribution in [1.29, 1.82) is 0 Å². The largest absolute Gasteiger partial charge is 0.376 e. The molecular formula is C18H30N2O. The highest BCUT2D eigenvalue weighted by atomic mass is 16.5. The Morgan fingerprint density at radius 3 is 2.43 bits per heavy atom. The molecule has 1 fully saturated rings. The van der Waals surface area contributed by atoms with Crippen LogP contribution in [0.5, 0.6) is 0 Å². The third-order valence-electron chi connectivity index (χ3n) is 4.56. The minimum Gasteiger partial charge on any atom is -0.376 e. The molecular weight excluding hydrogens is 260 g/mol. The maximum absolute atomic E-state index is 6.06. The number of hydrogen-bond donors (Lipinski definition) is 2. The first-order valence-electron chi connectivity index (χ1n) is 8.15. The van der Waals surface area contributed by atoms with E-state index in [4.69, 9.17) is 10.6 Å². The SMILES string of the molecule is CCOC(C(NN)c1ccccc1C1CCC1)C(C)(C)C. The minimum atomic E-state index is 0.0276. The molecule has 118 valence electrons. The fourth-order valence-corrected chi connectivity index (χ4v) is 3.25. The third kappa shape index (κ3) is 3.65. The van der Waals surface area contributed by atoms with Gasteiger partial charge in [0, 0.05) is 6.61 Å². The highest BCUT2D eigenvalue weighted by Gasteiger charge is 2.35. The van der Waals surface area contributed by atoms with Crippen LogP contribution in [0.25, 0.3) is 0 Å². The molecule has 3 nitrogen and oxygen atoms in total. The van der Waals surface area contributed by atoms with Crippen molar-refractivity contribution in [3.05, 3.63) is 35.4 Å². The first kappa shape index (κ1) is 16.5. The first-order valence-corrected chi connectivity index (χ1v) is 8.15. The number of ether oxygens (including phenoxy) is 1. The van der Waals surface area contributed by atoms with Gasteiger partial charge in [-0.2, -0.15) is 0 Å². The Morgan fingerprint density at radius 1 is 1.29 bits per heavy atom. The van der Waals surface area contributed by atoms with Gasteiger partial charge >= 0.3 is 0 Å². The molecule has 1 aromatic rings. The third-order valence-corrected chi connectivity index (χ3v) is 4.56. The van der Waals surface area contributed by atoms with Crippen LogP contribution in [-0.4, -0.2) is 12.7 Å². The smallest absolute Gasteiger partial charge is 0.0830 e. The van der Waals surface area contributed by atoms with E-state index in [-0.39, 0.29) is 17.6 Å². The van der Waals surface area contributed by atoms with Crippen LogP contribution in [0.3, 0.4) is 0 Å². The summed E-state index contributed by atoms with van der Waals surface area (Å²) in [5, 5.41) is 0. The van der Waals surface area contributed by atoms with Crippen molar-refractivity contribution < 1.29 is 4.74 Å². The maximum atomic E-state index is 6.06. The minimum absolute atomic E-state index is 0.0276. The lowest BCUT2D eigenvalue weighted by atomic mass is 9.74. The lowest BCUT2D eigenvalue weighted by Crippen LogP contribution is -2.45. The molecule has 2 unspecified atom stereocenters. The van der Waals surface area contributed by atoms with Gasteiger partial charge in [-0.1, -0.05) is 51.5 Å².